The van der Waals surface area contributed by atoms with Gasteiger partial charge >= 0.3 is 0 Å². The van der Waals surface area contributed by atoms with Crippen LogP contribution in [-0.2, 0) is 10.2 Å². The third-order valence-electron chi connectivity index (χ3n) is 4.13. The molecule has 1 heterocycles. The zero-order valence-corrected chi connectivity index (χ0v) is 16.4. The number of nitrogens with zero attached hydrogens (tertiary/aromatic N) is 1. The fourth-order valence-electron chi connectivity index (χ4n) is 2.48. The molecule has 0 atom stereocenters. The van der Waals surface area contributed by atoms with Crippen LogP contribution in [-0.4, -0.2) is 23.5 Å². The summed E-state index contributed by atoms with van der Waals surface area (Å²) in [6.07, 6.45) is 0. The van der Waals surface area contributed by atoms with Gasteiger partial charge in [-0.3, -0.25) is 14.9 Å². The SMILES string of the molecule is CC(C)(C)c1cc(NC(=O)COc2ccc(C(=O)c3ccc(F)cc3)cc2)on1. The van der Waals surface area contributed by atoms with Crippen molar-refractivity contribution in [1.29, 1.82) is 0 Å². The van der Waals surface area contributed by atoms with Crippen molar-refractivity contribution in [2.75, 3.05) is 11.9 Å². The van der Waals surface area contributed by atoms with Gasteiger partial charge in [-0.15, -0.1) is 0 Å². The Hall–Kier alpha value is -3.48. The van der Waals surface area contributed by atoms with Crippen LogP contribution in [0.4, 0.5) is 10.3 Å². The maximum atomic E-state index is 13.0. The highest BCUT2D eigenvalue weighted by molar-refractivity contribution is 6.09. The van der Waals surface area contributed by atoms with Crippen molar-refractivity contribution in [3.05, 3.63) is 77.2 Å². The largest absolute Gasteiger partial charge is 0.484 e. The number of nitrogens with one attached hydrogen (secondary N) is 1. The van der Waals surface area contributed by atoms with E-state index in [2.05, 4.69) is 10.5 Å². The van der Waals surface area contributed by atoms with Crippen LogP contribution in [0.25, 0.3) is 0 Å². The Morgan fingerprint density at radius 1 is 1.03 bits per heavy atom. The fourth-order valence-corrected chi connectivity index (χ4v) is 2.48. The molecule has 3 aromatic rings. The molecule has 0 aliphatic rings. The molecule has 2 aromatic carbocycles. The Kier molecular flexibility index (Phi) is 5.77. The molecule has 3 rings (SSSR count). The van der Waals surface area contributed by atoms with Gasteiger partial charge in [-0.25, -0.2) is 4.39 Å². The number of anilines is 1. The molecule has 7 heteroatoms. The van der Waals surface area contributed by atoms with E-state index in [1.807, 2.05) is 20.8 Å². The Labute approximate surface area is 167 Å². The third kappa shape index (κ3) is 5.28. The Bertz CT molecular complexity index is 1000. The molecule has 0 fully saturated rings. The number of carbonyl (C=O) groups excluding carboxylic acids is 2. The highest BCUT2D eigenvalue weighted by atomic mass is 19.1. The first kappa shape index (κ1) is 20.3. The molecule has 0 unspecified atom stereocenters. The van der Waals surface area contributed by atoms with Gasteiger partial charge < -0.3 is 9.26 Å². The smallest absolute Gasteiger partial charge is 0.264 e. The summed E-state index contributed by atoms with van der Waals surface area (Å²) in [6.45, 7) is 5.74. The second-order valence-electron chi connectivity index (χ2n) is 7.52. The van der Waals surface area contributed by atoms with Crippen LogP contribution in [0, 0.1) is 5.82 Å². The van der Waals surface area contributed by atoms with Gasteiger partial charge in [0.1, 0.15) is 11.6 Å². The number of benzene rings is 2. The lowest BCUT2D eigenvalue weighted by Crippen LogP contribution is -2.20. The number of halogens is 1. The van der Waals surface area contributed by atoms with Crippen molar-refractivity contribution < 1.29 is 23.2 Å². The summed E-state index contributed by atoms with van der Waals surface area (Å²) in [5, 5.41) is 6.51. The second kappa shape index (κ2) is 8.26. The lowest BCUT2D eigenvalue weighted by Gasteiger charge is -2.12. The zero-order valence-electron chi connectivity index (χ0n) is 16.4. The average Bonchev–Trinajstić information content (AvgIpc) is 3.16. The van der Waals surface area contributed by atoms with Gasteiger partial charge in [0.25, 0.3) is 5.91 Å². The summed E-state index contributed by atoms with van der Waals surface area (Å²) < 4.78 is 23.5. The van der Waals surface area contributed by atoms with Crippen LogP contribution >= 0.6 is 0 Å². The van der Waals surface area contributed by atoms with Gasteiger partial charge in [-0.2, -0.15) is 0 Å². The van der Waals surface area contributed by atoms with Crippen molar-refractivity contribution in [2.24, 2.45) is 0 Å². The molecule has 0 bridgehead atoms. The van der Waals surface area contributed by atoms with E-state index in [4.69, 9.17) is 9.26 Å². The number of hydrogen-bond acceptors (Lipinski definition) is 5. The second-order valence-corrected chi connectivity index (χ2v) is 7.52. The van der Waals surface area contributed by atoms with Crippen molar-refractivity contribution in [1.82, 2.24) is 5.16 Å². The standard InChI is InChI=1S/C22H21FN2O4/c1-22(2,3)18-12-20(29-25-18)24-19(26)13-28-17-10-6-15(7-11-17)21(27)14-4-8-16(23)9-5-14/h4-12H,13H2,1-3H3,(H,24,26). The van der Waals surface area contributed by atoms with Crippen LogP contribution in [0.5, 0.6) is 5.75 Å². The predicted molar refractivity (Wildman–Crippen MR) is 106 cm³/mol. The lowest BCUT2D eigenvalue weighted by molar-refractivity contribution is -0.118. The molecule has 1 N–H and O–H groups in total. The van der Waals surface area contributed by atoms with Crippen LogP contribution in [0.1, 0.15) is 42.4 Å². The first-order valence-electron chi connectivity index (χ1n) is 9.02. The van der Waals surface area contributed by atoms with Gasteiger partial charge in [0, 0.05) is 22.6 Å². The molecule has 1 aromatic heterocycles. The van der Waals surface area contributed by atoms with E-state index in [1.54, 1.807) is 30.3 Å². The van der Waals surface area contributed by atoms with Gasteiger partial charge in [0.05, 0.1) is 5.69 Å². The summed E-state index contributed by atoms with van der Waals surface area (Å²) in [5.41, 5.74) is 1.37. The van der Waals surface area contributed by atoms with Crippen LogP contribution in [0.15, 0.2) is 59.1 Å². The fraction of sp³-hybridized carbons (Fsp3) is 0.227. The predicted octanol–water partition coefficient (Wildman–Crippen LogP) is 4.36. The molecule has 1 amide bonds. The van der Waals surface area contributed by atoms with E-state index < -0.39 is 11.7 Å². The summed E-state index contributed by atoms with van der Waals surface area (Å²) in [7, 11) is 0. The maximum absolute atomic E-state index is 13.0. The monoisotopic (exact) mass is 396 g/mol. The van der Waals surface area contributed by atoms with Crippen LogP contribution in [0.3, 0.4) is 0 Å². The topological polar surface area (TPSA) is 81.4 Å². The maximum Gasteiger partial charge on any atom is 0.264 e. The molecule has 0 saturated heterocycles. The molecular weight excluding hydrogens is 375 g/mol. The number of rotatable bonds is 6. The lowest BCUT2D eigenvalue weighted by atomic mass is 9.92. The molecule has 29 heavy (non-hydrogen) atoms. The molecule has 0 spiro atoms. The first-order chi connectivity index (χ1) is 13.7. The van der Waals surface area contributed by atoms with E-state index >= 15 is 0 Å². The van der Waals surface area contributed by atoms with Gasteiger partial charge in [0.15, 0.2) is 12.4 Å². The quantitative estimate of drug-likeness (QED) is 0.626. The Morgan fingerprint density at radius 2 is 1.62 bits per heavy atom. The summed E-state index contributed by atoms with van der Waals surface area (Å²) >= 11 is 0. The number of carbonyl (C=O) groups is 2. The Morgan fingerprint density at radius 3 is 2.17 bits per heavy atom. The summed E-state index contributed by atoms with van der Waals surface area (Å²) in [6, 6.07) is 13.4. The minimum absolute atomic E-state index is 0.184. The molecule has 0 aliphatic carbocycles. The van der Waals surface area contributed by atoms with Gasteiger partial charge in [-0.05, 0) is 48.5 Å². The van der Waals surface area contributed by atoms with Crippen LogP contribution < -0.4 is 10.1 Å². The number of hydrogen-bond donors (Lipinski definition) is 1. The highest BCUT2D eigenvalue weighted by Crippen LogP contribution is 2.23. The molecule has 0 saturated carbocycles. The van der Waals surface area contributed by atoms with Crippen molar-refractivity contribution in [3.63, 3.8) is 0 Å². The van der Waals surface area contributed by atoms with E-state index in [1.165, 1.54) is 24.3 Å². The van der Waals surface area contributed by atoms with Gasteiger partial charge in [-0.1, -0.05) is 25.9 Å². The summed E-state index contributed by atoms with van der Waals surface area (Å²) in [5.74, 6) is -0.335. The minimum Gasteiger partial charge on any atom is -0.484 e. The highest BCUT2D eigenvalue weighted by Gasteiger charge is 2.19. The molecule has 6 nitrogen and oxygen atoms in total. The van der Waals surface area contributed by atoms with Crippen molar-refractivity contribution >= 4 is 17.6 Å². The molecular formula is C22H21FN2O4. The zero-order chi connectivity index (χ0) is 21.0. The molecule has 0 aliphatic heterocycles. The Balaban J connectivity index is 1.54. The average molecular weight is 396 g/mol. The molecule has 0 radical (unpaired) electrons. The van der Waals surface area contributed by atoms with E-state index in [0.717, 1.165) is 5.69 Å². The van der Waals surface area contributed by atoms with E-state index in [-0.39, 0.29) is 23.7 Å². The number of aromatic nitrogens is 1. The summed E-state index contributed by atoms with van der Waals surface area (Å²) in [4.78, 5) is 24.4. The van der Waals surface area contributed by atoms with Crippen LogP contribution in [0.2, 0.25) is 0 Å². The number of ketones is 1. The normalized spacial score (nSPS) is 11.2. The van der Waals surface area contributed by atoms with E-state index in [9.17, 15) is 14.0 Å². The number of amides is 1. The third-order valence-corrected chi connectivity index (χ3v) is 4.13. The van der Waals surface area contributed by atoms with E-state index in [0.29, 0.717) is 16.9 Å². The van der Waals surface area contributed by atoms with Gasteiger partial charge in [0.2, 0.25) is 5.88 Å². The molecule has 150 valence electrons. The first-order valence-corrected chi connectivity index (χ1v) is 9.02. The minimum atomic E-state index is -0.400. The number of ether oxygens (including phenoxy) is 1. The van der Waals surface area contributed by atoms with Crippen molar-refractivity contribution in [2.45, 2.75) is 26.2 Å². The van der Waals surface area contributed by atoms with Crippen molar-refractivity contribution in [3.8, 4) is 5.75 Å².